The highest BCUT2D eigenvalue weighted by molar-refractivity contribution is 6.31. The van der Waals surface area contributed by atoms with Gasteiger partial charge in [-0.25, -0.2) is 4.39 Å². The zero-order chi connectivity index (χ0) is 25.7. The molecule has 188 valence electrons. The molecule has 1 aromatic heterocycles. The number of benzene rings is 2. The molecule has 1 saturated heterocycles. The van der Waals surface area contributed by atoms with Crippen molar-refractivity contribution in [3.63, 3.8) is 0 Å². The van der Waals surface area contributed by atoms with Crippen LogP contribution in [0.2, 0.25) is 5.02 Å². The first-order valence-electron chi connectivity index (χ1n) is 11.7. The predicted octanol–water partition coefficient (Wildman–Crippen LogP) is 4.49. The van der Waals surface area contributed by atoms with Crippen molar-refractivity contribution in [1.29, 1.82) is 0 Å². The van der Waals surface area contributed by atoms with Crippen molar-refractivity contribution in [2.75, 3.05) is 13.2 Å². The van der Waals surface area contributed by atoms with Gasteiger partial charge in [0.25, 0.3) is 5.91 Å². The number of oxime groups is 1. The zero-order valence-electron chi connectivity index (χ0n) is 19.8. The lowest BCUT2D eigenvalue weighted by atomic mass is 9.85. The molecule has 1 unspecified atom stereocenters. The summed E-state index contributed by atoms with van der Waals surface area (Å²) in [5, 5.41) is 16.6. The number of carbonyl (C=O) groups excluding carboxylic acids is 1. The lowest BCUT2D eigenvalue weighted by Gasteiger charge is -2.23. The number of aryl methyl sites for hydroxylation is 1. The topological polar surface area (TPSA) is 92.9 Å². The highest BCUT2D eigenvalue weighted by Crippen LogP contribution is 2.35. The average Bonchev–Trinajstić information content (AvgIpc) is 2.88. The molecule has 0 spiro atoms. The third-order valence-corrected chi connectivity index (χ3v) is 6.76. The Morgan fingerprint density at radius 1 is 1.22 bits per heavy atom. The van der Waals surface area contributed by atoms with E-state index in [-0.39, 0.29) is 23.6 Å². The van der Waals surface area contributed by atoms with Gasteiger partial charge in [0.2, 0.25) is 5.56 Å². The van der Waals surface area contributed by atoms with Crippen molar-refractivity contribution in [3.05, 3.63) is 104 Å². The maximum atomic E-state index is 15.2. The molecule has 4 rings (SSSR count). The number of hydrogen-bond donors (Lipinski definition) is 2. The van der Waals surface area contributed by atoms with Gasteiger partial charge in [-0.1, -0.05) is 41.0 Å². The molecule has 2 aromatic carbocycles. The molecule has 9 heteroatoms. The van der Waals surface area contributed by atoms with Gasteiger partial charge < -0.3 is 19.8 Å². The summed E-state index contributed by atoms with van der Waals surface area (Å²) < 4.78 is 21.9. The van der Waals surface area contributed by atoms with Crippen molar-refractivity contribution in [3.8, 4) is 0 Å². The first-order valence-corrected chi connectivity index (χ1v) is 12.1. The highest BCUT2D eigenvalue weighted by atomic mass is 35.5. The van der Waals surface area contributed by atoms with Gasteiger partial charge in [0.05, 0.1) is 11.3 Å². The quantitative estimate of drug-likeness (QED) is 0.278. The van der Waals surface area contributed by atoms with Gasteiger partial charge in [-0.3, -0.25) is 9.59 Å². The lowest BCUT2D eigenvalue weighted by molar-refractivity contribution is 0.0694. The largest absolute Gasteiger partial charge is 0.411 e. The number of nitrogens with one attached hydrogen (secondary N) is 1. The van der Waals surface area contributed by atoms with Crippen LogP contribution < -0.4 is 10.9 Å². The van der Waals surface area contributed by atoms with E-state index in [0.29, 0.717) is 53.5 Å². The van der Waals surface area contributed by atoms with E-state index in [1.54, 1.807) is 37.5 Å². The summed E-state index contributed by atoms with van der Waals surface area (Å²) in [4.78, 5) is 24.5. The fourth-order valence-corrected chi connectivity index (χ4v) is 4.64. The Balaban J connectivity index is 1.66. The summed E-state index contributed by atoms with van der Waals surface area (Å²) in [6.07, 6.45) is 3.12. The molecule has 36 heavy (non-hydrogen) atoms. The first kappa shape index (κ1) is 25.6. The maximum absolute atomic E-state index is 15.2. The van der Waals surface area contributed by atoms with E-state index < -0.39 is 17.6 Å². The Morgan fingerprint density at radius 3 is 2.64 bits per heavy atom. The van der Waals surface area contributed by atoms with E-state index in [2.05, 4.69) is 10.5 Å². The van der Waals surface area contributed by atoms with Gasteiger partial charge in [-0.15, -0.1) is 0 Å². The molecule has 1 aliphatic rings. The van der Waals surface area contributed by atoms with Crippen LogP contribution in [0, 0.1) is 5.82 Å². The van der Waals surface area contributed by atoms with E-state index in [4.69, 9.17) is 16.3 Å². The molecule has 2 N–H and O–H groups in total. The third kappa shape index (κ3) is 5.83. The summed E-state index contributed by atoms with van der Waals surface area (Å²) in [6, 6.07) is 14.6. The molecule has 0 aliphatic carbocycles. The minimum Gasteiger partial charge on any atom is -0.411 e. The molecule has 1 amide bonds. The Bertz CT molecular complexity index is 1330. The van der Waals surface area contributed by atoms with Crippen LogP contribution in [0.5, 0.6) is 0 Å². The number of ether oxygens (including phenoxy) is 1. The number of pyridine rings is 1. The summed E-state index contributed by atoms with van der Waals surface area (Å²) >= 11 is 6.50. The normalized spacial score (nSPS) is 15.5. The van der Waals surface area contributed by atoms with Crippen molar-refractivity contribution in [2.45, 2.75) is 31.2 Å². The molecular formula is C27H27ClFN3O4. The van der Waals surface area contributed by atoms with Crippen molar-refractivity contribution in [2.24, 2.45) is 12.2 Å². The molecule has 0 bridgehead atoms. The average molecular weight is 512 g/mol. The maximum Gasteiger partial charge on any atom is 0.254 e. The SMILES string of the molecule is Cn1cc(/C(CC(c2ccc(C(=O)NC3CCOCC3)c(F)c2)c2ccccc2Cl)=N/O)ccc1=O. The standard InChI is InChI=1S/C27H27ClFN3O4/c1-32-16-18(7-9-26(32)33)25(31-35)15-22(20-4-2-3-5-23(20)28)17-6-8-21(24(29)14-17)27(34)30-19-10-12-36-13-11-19/h2-9,14,16,19,22,35H,10-13,15H2,1H3,(H,30,34)/b31-25+. The van der Waals surface area contributed by atoms with Crippen LogP contribution in [-0.2, 0) is 11.8 Å². The molecule has 1 atom stereocenters. The minimum absolute atomic E-state index is 0.0442. The van der Waals surface area contributed by atoms with Crippen LogP contribution in [0.15, 0.2) is 70.7 Å². The number of rotatable bonds is 7. The first-order chi connectivity index (χ1) is 17.4. The van der Waals surface area contributed by atoms with Gasteiger partial charge in [0, 0.05) is 61.5 Å². The zero-order valence-corrected chi connectivity index (χ0v) is 20.5. The van der Waals surface area contributed by atoms with Crippen molar-refractivity contribution >= 4 is 23.2 Å². The van der Waals surface area contributed by atoms with Crippen LogP contribution in [-0.4, -0.2) is 40.6 Å². The van der Waals surface area contributed by atoms with E-state index >= 15 is 4.39 Å². The second-order valence-electron chi connectivity index (χ2n) is 8.79. The van der Waals surface area contributed by atoms with Crippen molar-refractivity contribution in [1.82, 2.24) is 9.88 Å². The van der Waals surface area contributed by atoms with Crippen LogP contribution in [0.1, 0.15) is 52.2 Å². The van der Waals surface area contributed by atoms with Crippen LogP contribution in [0.25, 0.3) is 0 Å². The number of carbonyl (C=O) groups is 1. The monoisotopic (exact) mass is 511 g/mol. The fraction of sp³-hybridized carbons (Fsp3) is 0.296. The second-order valence-corrected chi connectivity index (χ2v) is 9.20. The Kier molecular flexibility index (Phi) is 8.18. The molecule has 1 aliphatic heterocycles. The fourth-order valence-electron chi connectivity index (χ4n) is 4.38. The minimum atomic E-state index is -0.654. The van der Waals surface area contributed by atoms with Crippen LogP contribution in [0.4, 0.5) is 4.39 Å². The van der Waals surface area contributed by atoms with Gasteiger partial charge in [0.15, 0.2) is 0 Å². The lowest BCUT2D eigenvalue weighted by Crippen LogP contribution is -2.39. The Labute approximate surface area is 213 Å². The molecular weight excluding hydrogens is 485 g/mol. The molecule has 7 nitrogen and oxygen atoms in total. The van der Waals surface area contributed by atoms with E-state index in [0.717, 1.165) is 0 Å². The highest BCUT2D eigenvalue weighted by Gasteiger charge is 2.24. The second kappa shape index (κ2) is 11.5. The summed E-state index contributed by atoms with van der Waals surface area (Å²) in [6.45, 7) is 1.13. The number of halogens is 2. The predicted molar refractivity (Wildman–Crippen MR) is 136 cm³/mol. The van der Waals surface area contributed by atoms with Crippen molar-refractivity contribution < 1.29 is 19.1 Å². The molecule has 2 heterocycles. The van der Waals surface area contributed by atoms with Gasteiger partial charge in [0.1, 0.15) is 5.82 Å². The van der Waals surface area contributed by atoms with E-state index in [9.17, 15) is 14.8 Å². The number of hydrogen-bond acceptors (Lipinski definition) is 5. The van der Waals surface area contributed by atoms with Gasteiger partial charge >= 0.3 is 0 Å². The molecule has 0 radical (unpaired) electrons. The van der Waals surface area contributed by atoms with Crippen LogP contribution >= 0.6 is 11.6 Å². The third-order valence-electron chi connectivity index (χ3n) is 6.41. The van der Waals surface area contributed by atoms with E-state index in [1.807, 2.05) is 12.1 Å². The number of amides is 1. The van der Waals surface area contributed by atoms with Gasteiger partial charge in [-0.2, -0.15) is 0 Å². The van der Waals surface area contributed by atoms with Crippen LogP contribution in [0.3, 0.4) is 0 Å². The summed E-state index contributed by atoms with van der Waals surface area (Å²) in [5.74, 6) is -1.61. The Morgan fingerprint density at radius 2 is 1.97 bits per heavy atom. The molecule has 0 saturated carbocycles. The number of aromatic nitrogens is 1. The summed E-state index contributed by atoms with van der Waals surface area (Å²) in [5.41, 5.74) is 1.88. The van der Waals surface area contributed by atoms with Gasteiger partial charge in [-0.05, 0) is 48.2 Å². The summed E-state index contributed by atoms with van der Waals surface area (Å²) in [7, 11) is 1.60. The van der Waals surface area contributed by atoms with E-state index in [1.165, 1.54) is 22.8 Å². The number of nitrogens with zero attached hydrogens (tertiary/aromatic N) is 2. The molecule has 1 fully saturated rings. The Hall–Kier alpha value is -3.49. The smallest absolute Gasteiger partial charge is 0.254 e. The molecule has 3 aromatic rings.